The Morgan fingerprint density at radius 1 is 1.12 bits per heavy atom. The normalized spacial score (nSPS) is 14.2. The Bertz CT molecular complexity index is 501. The first kappa shape index (κ1) is 12.2. The lowest BCUT2D eigenvalue weighted by atomic mass is 10.0. The number of fused-ring (bicyclic) bond motifs is 1. The maximum atomic E-state index is 6.17. The first-order valence-corrected chi connectivity index (χ1v) is 5.96. The Hall–Kier alpha value is -1.23. The molecule has 2 aromatic rings. The summed E-state index contributed by atoms with van der Waals surface area (Å²) in [6.07, 6.45) is 0. The van der Waals surface area contributed by atoms with E-state index in [1.807, 2.05) is 29.6 Å². The van der Waals surface area contributed by atoms with Gasteiger partial charge in [-0.2, -0.15) is 11.3 Å². The number of halogens is 1. The van der Waals surface area contributed by atoms with E-state index < -0.39 is 0 Å². The fraction of sp³-hybridized carbons (Fsp3) is 0.167. The summed E-state index contributed by atoms with van der Waals surface area (Å²) in [4.78, 5) is 0. The van der Waals surface area contributed by atoms with Crippen LogP contribution in [0.25, 0.3) is 0 Å². The van der Waals surface area contributed by atoms with Crippen LogP contribution in [0.3, 0.4) is 0 Å². The highest BCUT2D eigenvalue weighted by molar-refractivity contribution is 7.08. The van der Waals surface area contributed by atoms with E-state index in [2.05, 4.69) is 5.38 Å². The minimum Gasteiger partial charge on any atom is -0.454 e. The van der Waals surface area contributed by atoms with Crippen LogP contribution in [0.4, 0.5) is 0 Å². The third-order valence-electron chi connectivity index (χ3n) is 2.66. The molecule has 0 saturated heterocycles. The van der Waals surface area contributed by atoms with Gasteiger partial charge in [-0.1, -0.05) is 6.07 Å². The van der Waals surface area contributed by atoms with Gasteiger partial charge in [0, 0.05) is 0 Å². The molecular formula is C12H12ClNO2S. The van der Waals surface area contributed by atoms with Crippen molar-refractivity contribution in [2.24, 2.45) is 5.73 Å². The summed E-state index contributed by atoms with van der Waals surface area (Å²) in [7, 11) is 0. The summed E-state index contributed by atoms with van der Waals surface area (Å²) in [6.45, 7) is 0.298. The molecule has 0 radical (unpaired) electrons. The summed E-state index contributed by atoms with van der Waals surface area (Å²) in [5.41, 5.74) is 8.34. The van der Waals surface area contributed by atoms with Gasteiger partial charge in [-0.25, -0.2) is 0 Å². The first-order valence-electron chi connectivity index (χ1n) is 5.02. The van der Waals surface area contributed by atoms with E-state index in [1.54, 1.807) is 11.3 Å². The Morgan fingerprint density at radius 3 is 2.71 bits per heavy atom. The molecule has 0 spiro atoms. The quantitative estimate of drug-likeness (QED) is 0.912. The number of ether oxygens (including phenoxy) is 2. The summed E-state index contributed by atoms with van der Waals surface area (Å²) < 4.78 is 10.6. The van der Waals surface area contributed by atoms with E-state index in [0.29, 0.717) is 6.79 Å². The molecule has 3 nitrogen and oxygen atoms in total. The Kier molecular flexibility index (Phi) is 3.57. The van der Waals surface area contributed by atoms with E-state index >= 15 is 0 Å². The van der Waals surface area contributed by atoms with Gasteiger partial charge >= 0.3 is 0 Å². The van der Waals surface area contributed by atoms with Crippen molar-refractivity contribution in [2.75, 3.05) is 6.79 Å². The first-order chi connectivity index (χ1) is 7.84. The second-order valence-electron chi connectivity index (χ2n) is 3.65. The summed E-state index contributed by atoms with van der Waals surface area (Å²) in [6, 6.07) is 7.78. The molecule has 2 heterocycles. The molecule has 1 aromatic heterocycles. The topological polar surface area (TPSA) is 44.5 Å². The van der Waals surface area contributed by atoms with Crippen LogP contribution in [-0.4, -0.2) is 6.79 Å². The van der Waals surface area contributed by atoms with Crippen molar-refractivity contribution in [1.29, 1.82) is 0 Å². The second kappa shape index (κ2) is 4.96. The number of hydrogen-bond donors (Lipinski definition) is 1. The second-order valence-corrected chi connectivity index (χ2v) is 4.43. The van der Waals surface area contributed by atoms with Crippen LogP contribution in [0.1, 0.15) is 17.2 Å². The zero-order valence-corrected chi connectivity index (χ0v) is 10.6. The van der Waals surface area contributed by atoms with Crippen LogP contribution >= 0.6 is 23.7 Å². The highest BCUT2D eigenvalue weighted by Crippen LogP contribution is 2.35. The van der Waals surface area contributed by atoms with Gasteiger partial charge in [-0.3, -0.25) is 0 Å². The number of benzene rings is 1. The van der Waals surface area contributed by atoms with E-state index in [4.69, 9.17) is 15.2 Å². The molecule has 1 aliphatic heterocycles. The van der Waals surface area contributed by atoms with Gasteiger partial charge < -0.3 is 15.2 Å². The van der Waals surface area contributed by atoms with E-state index in [9.17, 15) is 0 Å². The molecule has 1 aliphatic rings. The van der Waals surface area contributed by atoms with Gasteiger partial charge in [-0.05, 0) is 40.1 Å². The number of rotatable bonds is 2. The van der Waals surface area contributed by atoms with Crippen LogP contribution in [0.15, 0.2) is 35.0 Å². The van der Waals surface area contributed by atoms with E-state index in [1.165, 1.54) is 0 Å². The summed E-state index contributed by atoms with van der Waals surface area (Å²) in [5, 5.41) is 4.09. The van der Waals surface area contributed by atoms with Crippen LogP contribution < -0.4 is 15.2 Å². The van der Waals surface area contributed by atoms with Gasteiger partial charge in [-0.15, -0.1) is 12.4 Å². The van der Waals surface area contributed by atoms with Crippen molar-refractivity contribution >= 4 is 23.7 Å². The maximum Gasteiger partial charge on any atom is 0.231 e. The van der Waals surface area contributed by atoms with Crippen LogP contribution in [0.2, 0.25) is 0 Å². The third-order valence-corrected chi connectivity index (χ3v) is 3.36. The molecule has 90 valence electrons. The molecule has 1 aromatic carbocycles. The zero-order valence-electron chi connectivity index (χ0n) is 8.96. The fourth-order valence-corrected chi connectivity index (χ4v) is 2.45. The molecule has 2 N–H and O–H groups in total. The molecule has 3 rings (SSSR count). The minimum atomic E-state index is -0.0965. The predicted molar refractivity (Wildman–Crippen MR) is 70.2 cm³/mol. The summed E-state index contributed by atoms with van der Waals surface area (Å²) >= 11 is 1.65. The van der Waals surface area contributed by atoms with Gasteiger partial charge in [0.05, 0.1) is 6.04 Å². The molecule has 5 heteroatoms. The van der Waals surface area contributed by atoms with E-state index in [0.717, 1.165) is 22.6 Å². The third kappa shape index (κ3) is 2.24. The standard InChI is InChI=1S/C12H11NO2S.ClH/c13-12(9-3-4-16-6-9)8-1-2-10-11(5-8)15-7-14-10;/h1-6,12H,7,13H2;1H/t12-;/m0./s1. The molecule has 17 heavy (non-hydrogen) atoms. The molecule has 0 amide bonds. The Labute approximate surface area is 110 Å². The van der Waals surface area contributed by atoms with Crippen molar-refractivity contribution in [1.82, 2.24) is 0 Å². The molecule has 0 bridgehead atoms. The Balaban J connectivity index is 0.00000108. The number of thiophene rings is 1. The zero-order chi connectivity index (χ0) is 11.0. The highest BCUT2D eigenvalue weighted by Gasteiger charge is 2.16. The highest BCUT2D eigenvalue weighted by atomic mass is 35.5. The average molecular weight is 270 g/mol. The number of hydrogen-bond acceptors (Lipinski definition) is 4. The van der Waals surface area contributed by atoms with Crippen LogP contribution in [-0.2, 0) is 0 Å². The fourth-order valence-electron chi connectivity index (χ4n) is 1.75. The smallest absolute Gasteiger partial charge is 0.231 e. The SMILES string of the molecule is Cl.N[C@H](c1ccsc1)c1ccc2c(c1)OCO2. The van der Waals surface area contributed by atoms with Crippen molar-refractivity contribution in [3.05, 3.63) is 46.2 Å². The van der Waals surface area contributed by atoms with Crippen molar-refractivity contribution in [3.8, 4) is 11.5 Å². The lowest BCUT2D eigenvalue weighted by molar-refractivity contribution is 0.174. The van der Waals surface area contributed by atoms with Gasteiger partial charge in [0.2, 0.25) is 6.79 Å². The van der Waals surface area contributed by atoms with Gasteiger partial charge in [0.1, 0.15) is 0 Å². The molecular weight excluding hydrogens is 258 g/mol. The Morgan fingerprint density at radius 2 is 1.94 bits per heavy atom. The number of nitrogens with two attached hydrogens (primary N) is 1. The van der Waals surface area contributed by atoms with Crippen molar-refractivity contribution < 1.29 is 9.47 Å². The van der Waals surface area contributed by atoms with Crippen molar-refractivity contribution in [2.45, 2.75) is 6.04 Å². The molecule has 0 aliphatic carbocycles. The van der Waals surface area contributed by atoms with Gasteiger partial charge in [0.15, 0.2) is 11.5 Å². The molecule has 0 saturated carbocycles. The van der Waals surface area contributed by atoms with Crippen LogP contribution in [0.5, 0.6) is 11.5 Å². The molecule has 0 fully saturated rings. The van der Waals surface area contributed by atoms with Gasteiger partial charge in [0.25, 0.3) is 0 Å². The molecule has 1 atom stereocenters. The molecule has 0 unspecified atom stereocenters. The van der Waals surface area contributed by atoms with Crippen LogP contribution in [0, 0.1) is 0 Å². The van der Waals surface area contributed by atoms with Crippen molar-refractivity contribution in [3.63, 3.8) is 0 Å². The monoisotopic (exact) mass is 269 g/mol. The lowest BCUT2D eigenvalue weighted by Crippen LogP contribution is -2.10. The summed E-state index contributed by atoms with van der Waals surface area (Å²) in [5.74, 6) is 1.57. The predicted octanol–water partition coefficient (Wildman–Crippen LogP) is 2.95. The largest absolute Gasteiger partial charge is 0.454 e. The van der Waals surface area contributed by atoms with E-state index in [-0.39, 0.29) is 18.4 Å². The maximum absolute atomic E-state index is 6.17. The lowest BCUT2D eigenvalue weighted by Gasteiger charge is -2.10. The minimum absolute atomic E-state index is 0. The average Bonchev–Trinajstić information content (AvgIpc) is 2.98.